The van der Waals surface area contributed by atoms with Gasteiger partial charge in [-0.2, -0.15) is 5.26 Å². The van der Waals surface area contributed by atoms with Crippen LogP contribution in [0.5, 0.6) is 0 Å². The molecule has 0 radical (unpaired) electrons. The Labute approximate surface area is 145 Å². The maximum Gasteiger partial charge on any atom is 0.0991 e. The molecule has 1 N–H and O–H groups in total. The molecule has 1 aliphatic rings. The van der Waals surface area contributed by atoms with Gasteiger partial charge in [0.25, 0.3) is 0 Å². The van der Waals surface area contributed by atoms with Gasteiger partial charge in [0.2, 0.25) is 0 Å². The fraction of sp³-hybridized carbons (Fsp3) is 0.316. The first kappa shape index (κ1) is 16.2. The second-order valence-electron chi connectivity index (χ2n) is 5.87. The molecule has 2 aromatic carbocycles. The lowest BCUT2D eigenvalue weighted by Gasteiger charge is -2.39. The van der Waals surface area contributed by atoms with Gasteiger partial charge >= 0.3 is 0 Å². The monoisotopic (exact) mass is 370 g/mol. The van der Waals surface area contributed by atoms with E-state index in [1.807, 2.05) is 24.3 Å². The lowest BCUT2D eigenvalue weighted by atomic mass is 9.82. The Morgan fingerprint density at radius 1 is 1.13 bits per heavy atom. The molecule has 4 heteroatoms. The van der Waals surface area contributed by atoms with E-state index in [4.69, 9.17) is 10.00 Å². The standard InChI is InChI=1S/C19H19BrN2O/c20-18-6-2-5-17(12-18)19(7-9-23-10-8-19)22-14-16-4-1-3-15(11-16)13-21/h1-6,11-12,22H,7-10,14H2. The fourth-order valence-electron chi connectivity index (χ4n) is 3.10. The molecule has 3 rings (SSSR count). The van der Waals surface area contributed by atoms with Crippen LogP contribution < -0.4 is 5.32 Å². The Bertz CT molecular complexity index is 717. The molecular formula is C19H19BrN2O. The van der Waals surface area contributed by atoms with Crippen molar-refractivity contribution in [3.05, 3.63) is 69.7 Å². The van der Waals surface area contributed by atoms with E-state index in [9.17, 15) is 0 Å². The number of rotatable bonds is 4. The molecule has 1 heterocycles. The van der Waals surface area contributed by atoms with Gasteiger partial charge in [0.05, 0.1) is 11.6 Å². The molecule has 1 aliphatic heterocycles. The Morgan fingerprint density at radius 2 is 1.91 bits per heavy atom. The van der Waals surface area contributed by atoms with Gasteiger partial charge in [-0.15, -0.1) is 0 Å². The van der Waals surface area contributed by atoms with Gasteiger partial charge in [-0.3, -0.25) is 0 Å². The maximum absolute atomic E-state index is 9.05. The summed E-state index contributed by atoms with van der Waals surface area (Å²) < 4.78 is 6.66. The third kappa shape index (κ3) is 3.81. The van der Waals surface area contributed by atoms with Crippen molar-refractivity contribution in [2.75, 3.05) is 13.2 Å². The summed E-state index contributed by atoms with van der Waals surface area (Å²) in [6.07, 6.45) is 1.89. The molecule has 23 heavy (non-hydrogen) atoms. The van der Waals surface area contributed by atoms with Crippen molar-refractivity contribution in [2.45, 2.75) is 24.9 Å². The highest BCUT2D eigenvalue weighted by Crippen LogP contribution is 2.33. The van der Waals surface area contributed by atoms with Gasteiger partial charge in [0, 0.05) is 29.8 Å². The predicted octanol–water partition coefficient (Wildman–Crippen LogP) is 4.12. The van der Waals surface area contributed by atoms with Crippen molar-refractivity contribution in [1.29, 1.82) is 5.26 Å². The van der Waals surface area contributed by atoms with Gasteiger partial charge in [-0.05, 0) is 48.2 Å². The second-order valence-corrected chi connectivity index (χ2v) is 6.79. The number of hydrogen-bond donors (Lipinski definition) is 1. The highest BCUT2D eigenvalue weighted by molar-refractivity contribution is 9.10. The molecule has 2 aromatic rings. The Kier molecular flexibility index (Phi) is 5.12. The van der Waals surface area contributed by atoms with Crippen LogP contribution in [0.15, 0.2) is 53.0 Å². The van der Waals surface area contributed by atoms with Crippen LogP contribution in [0.2, 0.25) is 0 Å². The maximum atomic E-state index is 9.05. The van der Waals surface area contributed by atoms with E-state index in [2.05, 4.69) is 51.6 Å². The average Bonchev–Trinajstić information content (AvgIpc) is 2.61. The van der Waals surface area contributed by atoms with Crippen LogP contribution in [0, 0.1) is 11.3 Å². The number of nitrogens with zero attached hydrogens (tertiary/aromatic N) is 1. The molecule has 0 spiro atoms. The van der Waals surface area contributed by atoms with Crippen LogP contribution in [0.3, 0.4) is 0 Å². The SMILES string of the molecule is N#Cc1cccc(CNC2(c3cccc(Br)c3)CCOCC2)c1. The first-order chi connectivity index (χ1) is 11.2. The third-order valence-electron chi connectivity index (χ3n) is 4.41. The van der Waals surface area contributed by atoms with E-state index in [0.29, 0.717) is 5.56 Å². The van der Waals surface area contributed by atoms with E-state index in [1.54, 1.807) is 0 Å². The van der Waals surface area contributed by atoms with Gasteiger partial charge in [-0.25, -0.2) is 0 Å². The van der Waals surface area contributed by atoms with E-state index in [0.717, 1.165) is 42.6 Å². The molecule has 3 nitrogen and oxygen atoms in total. The van der Waals surface area contributed by atoms with E-state index in [1.165, 1.54) is 5.56 Å². The molecule has 0 aromatic heterocycles. The van der Waals surface area contributed by atoms with Gasteiger partial charge in [0.15, 0.2) is 0 Å². The Morgan fingerprint density at radius 3 is 2.65 bits per heavy atom. The summed E-state index contributed by atoms with van der Waals surface area (Å²) in [6, 6.07) is 18.5. The normalized spacial score (nSPS) is 16.7. The quantitative estimate of drug-likeness (QED) is 0.880. The third-order valence-corrected chi connectivity index (χ3v) is 4.90. The van der Waals surface area contributed by atoms with Crippen LogP contribution in [-0.2, 0) is 16.8 Å². The number of halogens is 1. The van der Waals surface area contributed by atoms with Crippen molar-refractivity contribution >= 4 is 15.9 Å². The summed E-state index contributed by atoms with van der Waals surface area (Å²) in [5.74, 6) is 0. The highest BCUT2D eigenvalue weighted by Gasteiger charge is 2.33. The molecule has 0 amide bonds. The largest absolute Gasteiger partial charge is 0.381 e. The zero-order chi connectivity index (χ0) is 16.1. The second kappa shape index (κ2) is 7.27. The molecule has 0 bridgehead atoms. The summed E-state index contributed by atoms with van der Waals surface area (Å²) in [4.78, 5) is 0. The van der Waals surface area contributed by atoms with Gasteiger partial charge in [0.1, 0.15) is 0 Å². The smallest absolute Gasteiger partial charge is 0.0991 e. The van der Waals surface area contributed by atoms with Crippen LogP contribution in [0.25, 0.3) is 0 Å². The molecule has 118 valence electrons. The molecule has 0 atom stereocenters. The van der Waals surface area contributed by atoms with Crippen molar-refractivity contribution in [3.8, 4) is 6.07 Å². The molecule has 1 fully saturated rings. The predicted molar refractivity (Wildman–Crippen MR) is 93.9 cm³/mol. The van der Waals surface area contributed by atoms with Crippen molar-refractivity contribution in [3.63, 3.8) is 0 Å². The van der Waals surface area contributed by atoms with Gasteiger partial charge in [-0.1, -0.05) is 40.2 Å². The highest BCUT2D eigenvalue weighted by atomic mass is 79.9. The zero-order valence-electron chi connectivity index (χ0n) is 12.9. The minimum Gasteiger partial charge on any atom is -0.381 e. The molecular weight excluding hydrogens is 352 g/mol. The molecule has 0 unspecified atom stereocenters. The summed E-state index contributed by atoms with van der Waals surface area (Å²) in [5, 5.41) is 12.8. The van der Waals surface area contributed by atoms with Crippen molar-refractivity contribution in [2.24, 2.45) is 0 Å². The summed E-state index contributed by atoms with van der Waals surface area (Å²) in [5.41, 5.74) is 3.04. The summed E-state index contributed by atoms with van der Waals surface area (Å²) >= 11 is 3.57. The van der Waals surface area contributed by atoms with Gasteiger partial charge < -0.3 is 10.1 Å². The Balaban J connectivity index is 1.83. The topological polar surface area (TPSA) is 45.0 Å². The van der Waals surface area contributed by atoms with E-state index < -0.39 is 0 Å². The average molecular weight is 371 g/mol. The van der Waals surface area contributed by atoms with Crippen LogP contribution in [0.4, 0.5) is 0 Å². The molecule has 0 saturated carbocycles. The number of nitriles is 1. The van der Waals surface area contributed by atoms with Crippen LogP contribution in [0.1, 0.15) is 29.5 Å². The van der Waals surface area contributed by atoms with Crippen molar-refractivity contribution < 1.29 is 4.74 Å². The first-order valence-electron chi connectivity index (χ1n) is 7.80. The Hall–Kier alpha value is -1.67. The fourth-order valence-corrected chi connectivity index (χ4v) is 3.49. The summed E-state index contributed by atoms with van der Waals surface area (Å²) in [6.45, 7) is 2.26. The van der Waals surface area contributed by atoms with Crippen molar-refractivity contribution in [1.82, 2.24) is 5.32 Å². The van der Waals surface area contributed by atoms with E-state index >= 15 is 0 Å². The number of hydrogen-bond acceptors (Lipinski definition) is 3. The van der Waals surface area contributed by atoms with Crippen LogP contribution >= 0.6 is 15.9 Å². The lowest BCUT2D eigenvalue weighted by molar-refractivity contribution is 0.0357. The van der Waals surface area contributed by atoms with E-state index in [-0.39, 0.29) is 5.54 Å². The zero-order valence-corrected chi connectivity index (χ0v) is 14.5. The summed E-state index contributed by atoms with van der Waals surface area (Å²) in [7, 11) is 0. The minimum absolute atomic E-state index is 0.0787. The lowest BCUT2D eigenvalue weighted by Crippen LogP contribution is -2.46. The minimum atomic E-state index is -0.0787. The number of benzene rings is 2. The first-order valence-corrected chi connectivity index (χ1v) is 8.59. The molecule has 0 aliphatic carbocycles. The molecule has 1 saturated heterocycles. The number of nitrogens with one attached hydrogen (secondary N) is 1. The van der Waals surface area contributed by atoms with Crippen LogP contribution in [-0.4, -0.2) is 13.2 Å². The number of ether oxygens (including phenoxy) is 1.